The van der Waals surface area contributed by atoms with Gasteiger partial charge in [-0.1, -0.05) is 109 Å². The normalized spacial score (nSPS) is 16.4. The topological polar surface area (TPSA) is 57.2 Å². The van der Waals surface area contributed by atoms with Crippen LogP contribution in [0.5, 0.6) is 0 Å². The Labute approximate surface area is 239 Å². The third-order valence-electron chi connectivity index (χ3n) is 8.45. The van der Waals surface area contributed by atoms with Crippen molar-refractivity contribution in [3.63, 3.8) is 0 Å². The summed E-state index contributed by atoms with van der Waals surface area (Å²) in [6.07, 6.45) is 0. The predicted octanol–water partition coefficient (Wildman–Crippen LogP) is 6.27. The van der Waals surface area contributed by atoms with E-state index in [0.717, 1.165) is 10.4 Å². The second kappa shape index (κ2) is 12.5. The first kappa shape index (κ1) is 33.6. The van der Waals surface area contributed by atoms with Gasteiger partial charge in [0.2, 0.25) is 0 Å². The summed E-state index contributed by atoms with van der Waals surface area (Å²) in [5.74, 6) is 0. The van der Waals surface area contributed by atoms with Gasteiger partial charge in [-0.25, -0.2) is 0 Å². The summed E-state index contributed by atoms with van der Waals surface area (Å²) < 4.78 is 25.8. The van der Waals surface area contributed by atoms with Crippen LogP contribution in [-0.2, 0) is 18.3 Å². The van der Waals surface area contributed by atoms with Gasteiger partial charge in [-0.15, -0.1) is 0 Å². The fraction of sp³-hybridized carbons (Fsp3) is 0.562. The molecule has 7 heteroatoms. The first-order chi connectivity index (χ1) is 17.9. The Morgan fingerprint density at radius 2 is 1.26 bits per heavy atom. The zero-order valence-electron chi connectivity index (χ0n) is 26.2. The maximum absolute atomic E-state index is 12.2. The van der Waals surface area contributed by atoms with Gasteiger partial charge >= 0.3 is 0 Å². The summed E-state index contributed by atoms with van der Waals surface area (Å²) >= 11 is 0. The number of methoxy groups -OCH3 is 1. The average molecular weight is 573 g/mol. The maximum Gasteiger partial charge on any atom is 0.261 e. The zero-order chi connectivity index (χ0) is 29.8. The fourth-order valence-electron chi connectivity index (χ4n) is 4.79. The molecule has 5 nitrogen and oxygen atoms in total. The van der Waals surface area contributed by atoms with Crippen molar-refractivity contribution < 1.29 is 23.4 Å². The quantitative estimate of drug-likeness (QED) is 0.133. The predicted molar refractivity (Wildman–Crippen MR) is 168 cm³/mol. The lowest BCUT2D eigenvalue weighted by molar-refractivity contribution is -0.179. The molecule has 0 aliphatic heterocycles. The van der Waals surface area contributed by atoms with Gasteiger partial charge in [0.15, 0.2) is 8.32 Å². The van der Waals surface area contributed by atoms with E-state index in [9.17, 15) is 5.11 Å². The summed E-state index contributed by atoms with van der Waals surface area (Å²) in [6.45, 7) is 25.8. The fourth-order valence-corrected chi connectivity index (χ4v) is 11.0. The van der Waals surface area contributed by atoms with Crippen LogP contribution in [0.1, 0.15) is 55.4 Å². The van der Waals surface area contributed by atoms with Crippen molar-refractivity contribution in [3.8, 4) is 0 Å². The van der Waals surface area contributed by atoms with Gasteiger partial charge in [0, 0.05) is 7.11 Å². The average Bonchev–Trinajstić information content (AvgIpc) is 2.83. The van der Waals surface area contributed by atoms with Gasteiger partial charge in [0.25, 0.3) is 8.32 Å². The van der Waals surface area contributed by atoms with Crippen LogP contribution in [0.4, 0.5) is 0 Å². The van der Waals surface area contributed by atoms with E-state index >= 15 is 0 Å². The van der Waals surface area contributed by atoms with Crippen molar-refractivity contribution in [2.24, 2.45) is 0 Å². The summed E-state index contributed by atoms with van der Waals surface area (Å²) in [6, 6.07) is 21.0. The van der Waals surface area contributed by atoms with E-state index in [1.165, 1.54) is 0 Å². The molecule has 218 valence electrons. The first-order valence-corrected chi connectivity index (χ1v) is 18.6. The van der Waals surface area contributed by atoms with Crippen LogP contribution in [0.2, 0.25) is 23.2 Å². The van der Waals surface area contributed by atoms with Gasteiger partial charge < -0.3 is 23.4 Å². The Kier molecular flexibility index (Phi) is 10.8. The largest absolute Gasteiger partial charge is 0.404 e. The second-order valence-corrected chi connectivity index (χ2v) is 22.4. The van der Waals surface area contributed by atoms with Crippen molar-refractivity contribution in [2.75, 3.05) is 27.1 Å². The molecule has 2 aromatic carbocycles. The monoisotopic (exact) mass is 572 g/mol. The smallest absolute Gasteiger partial charge is 0.261 e. The second-order valence-electron chi connectivity index (χ2n) is 13.4. The molecule has 0 fully saturated rings. The molecule has 0 aliphatic rings. The maximum atomic E-state index is 12.2. The van der Waals surface area contributed by atoms with Crippen molar-refractivity contribution in [1.29, 1.82) is 0 Å². The number of rotatable bonds is 13. The number of hydrogen-bond acceptors (Lipinski definition) is 5. The Morgan fingerprint density at radius 3 is 1.62 bits per heavy atom. The van der Waals surface area contributed by atoms with E-state index in [0.29, 0.717) is 5.57 Å². The zero-order valence-corrected chi connectivity index (χ0v) is 28.2. The van der Waals surface area contributed by atoms with Gasteiger partial charge in [-0.3, -0.25) is 0 Å². The third kappa shape index (κ3) is 7.01. The number of ether oxygens (including phenoxy) is 2. The van der Waals surface area contributed by atoms with Crippen LogP contribution in [0.15, 0.2) is 72.8 Å². The number of benzene rings is 2. The summed E-state index contributed by atoms with van der Waals surface area (Å²) in [5.41, 5.74) is -2.08. The highest BCUT2D eigenvalue weighted by Crippen LogP contribution is 2.45. The van der Waals surface area contributed by atoms with E-state index in [4.69, 9.17) is 18.3 Å². The van der Waals surface area contributed by atoms with Gasteiger partial charge in [0.1, 0.15) is 18.0 Å². The lowest BCUT2D eigenvalue weighted by Crippen LogP contribution is -2.71. The van der Waals surface area contributed by atoms with Crippen LogP contribution < -0.4 is 10.4 Å². The van der Waals surface area contributed by atoms with Crippen molar-refractivity contribution in [1.82, 2.24) is 0 Å². The molecule has 39 heavy (non-hydrogen) atoms. The van der Waals surface area contributed by atoms with Gasteiger partial charge in [-0.05, 0) is 53.0 Å². The molecule has 0 radical (unpaired) electrons. The molecule has 0 heterocycles. The van der Waals surface area contributed by atoms with Crippen LogP contribution in [0.3, 0.4) is 0 Å². The molecule has 0 saturated heterocycles. The van der Waals surface area contributed by atoms with E-state index in [1.807, 2.05) is 19.1 Å². The van der Waals surface area contributed by atoms with Crippen LogP contribution in [-0.4, -0.2) is 60.1 Å². The first-order valence-electron chi connectivity index (χ1n) is 13.8. The Hall–Kier alpha value is -1.59. The highest BCUT2D eigenvalue weighted by atomic mass is 28.4. The molecule has 0 saturated carbocycles. The minimum atomic E-state index is -2.93. The number of hydrogen-bond donors (Lipinski definition) is 1. The molecule has 0 amide bonds. The molecule has 0 bridgehead atoms. The van der Waals surface area contributed by atoms with Gasteiger partial charge in [-0.2, -0.15) is 0 Å². The minimum Gasteiger partial charge on any atom is -0.404 e. The Balaban J connectivity index is 2.83. The molecule has 2 atom stereocenters. The van der Waals surface area contributed by atoms with E-state index in [-0.39, 0.29) is 30.1 Å². The van der Waals surface area contributed by atoms with E-state index in [2.05, 4.69) is 110 Å². The molecule has 0 spiro atoms. The number of aliphatic hydroxyl groups is 1. The Morgan fingerprint density at radius 1 is 0.795 bits per heavy atom. The SMILES string of the molecule is C=C(C)C(C)(O)[C@](COCOC)(CO[Si](c1ccccc1)(c1ccccc1)C(C)(C)C)O[Si](C)(C)C(C)(C)C. The van der Waals surface area contributed by atoms with Crippen molar-refractivity contribution in [3.05, 3.63) is 72.8 Å². The van der Waals surface area contributed by atoms with Crippen LogP contribution >= 0.6 is 0 Å². The van der Waals surface area contributed by atoms with E-state index in [1.54, 1.807) is 14.0 Å². The minimum absolute atomic E-state index is 0.0775. The standard InChI is InChI=1S/C32H52O5Si2/c1-26(2)31(9,33)32(23-35-25-34-10,37-38(11,12)29(3,4)5)24-36-39(30(6,7)8,27-19-15-13-16-20-27)28-21-17-14-18-22-28/h13-22,33H,1,23-25H2,2-12H3/t31?,32-/m0/s1. The molecular weight excluding hydrogens is 521 g/mol. The highest BCUT2D eigenvalue weighted by molar-refractivity contribution is 6.99. The van der Waals surface area contributed by atoms with E-state index < -0.39 is 27.8 Å². The molecule has 2 aromatic rings. The molecular formula is C32H52O5Si2. The Bertz CT molecular complexity index is 1020. The molecule has 1 unspecified atom stereocenters. The molecule has 1 N–H and O–H groups in total. The van der Waals surface area contributed by atoms with Gasteiger partial charge in [0.05, 0.1) is 13.2 Å². The molecule has 0 aromatic heterocycles. The van der Waals surface area contributed by atoms with Crippen LogP contribution in [0, 0.1) is 0 Å². The lowest BCUT2D eigenvalue weighted by atomic mass is 9.80. The molecule has 0 aliphatic carbocycles. The summed E-state index contributed by atoms with van der Waals surface area (Å²) in [4.78, 5) is 0. The van der Waals surface area contributed by atoms with Crippen molar-refractivity contribution >= 4 is 27.0 Å². The molecule has 2 rings (SSSR count). The lowest BCUT2D eigenvalue weighted by Gasteiger charge is -2.53. The van der Waals surface area contributed by atoms with Crippen LogP contribution in [0.25, 0.3) is 0 Å². The highest BCUT2D eigenvalue weighted by Gasteiger charge is 2.58. The summed E-state index contributed by atoms with van der Waals surface area (Å²) in [7, 11) is -3.79. The third-order valence-corrected chi connectivity index (χ3v) is 17.9. The van der Waals surface area contributed by atoms with Crippen molar-refractivity contribution in [2.45, 2.75) is 89.8 Å². The summed E-state index contributed by atoms with van der Waals surface area (Å²) in [5, 5.41) is 14.2.